The molecule has 1 heterocycles. The average Bonchev–Trinajstić information content (AvgIpc) is 2.38. The lowest BCUT2D eigenvalue weighted by atomic mass is 9.77. The van der Waals surface area contributed by atoms with E-state index in [0.717, 1.165) is 11.8 Å². The Morgan fingerprint density at radius 2 is 2.29 bits per heavy atom. The first-order valence-corrected chi connectivity index (χ1v) is 7.87. The Balaban J connectivity index is 2.15. The molecule has 2 fully saturated rings. The number of rotatable bonds is 3. The Bertz CT molecular complexity index is 252. The van der Waals surface area contributed by atoms with Gasteiger partial charge in [0.1, 0.15) is 0 Å². The van der Waals surface area contributed by atoms with Crippen LogP contribution in [0.3, 0.4) is 0 Å². The molecule has 0 bridgehead atoms. The van der Waals surface area contributed by atoms with Crippen LogP contribution < -0.4 is 5.73 Å². The zero-order valence-corrected chi connectivity index (χ0v) is 12.0. The number of nitrogens with zero attached hydrogens (tertiary/aromatic N) is 1. The molecule has 17 heavy (non-hydrogen) atoms. The molecular weight excluding hydrogens is 232 g/mol. The van der Waals surface area contributed by atoms with E-state index in [4.69, 9.17) is 10.5 Å². The molecule has 0 aromatic carbocycles. The predicted molar refractivity (Wildman–Crippen MR) is 74.5 cm³/mol. The molecule has 0 spiro atoms. The molecule has 2 rings (SSSR count). The maximum Gasteiger partial charge on any atom is 0.0767 e. The zero-order valence-electron chi connectivity index (χ0n) is 11.2. The highest BCUT2D eigenvalue weighted by Gasteiger charge is 2.45. The van der Waals surface area contributed by atoms with Gasteiger partial charge in [-0.1, -0.05) is 19.8 Å². The van der Waals surface area contributed by atoms with E-state index in [-0.39, 0.29) is 5.54 Å². The molecule has 0 aromatic heterocycles. The topological polar surface area (TPSA) is 38.5 Å². The van der Waals surface area contributed by atoms with Crippen LogP contribution in [-0.2, 0) is 4.74 Å². The fourth-order valence-corrected chi connectivity index (χ4v) is 4.49. The van der Waals surface area contributed by atoms with E-state index in [9.17, 15) is 0 Å². The highest BCUT2D eigenvalue weighted by Crippen LogP contribution is 2.37. The Hall–Kier alpha value is 0.230. The van der Waals surface area contributed by atoms with E-state index in [1.54, 1.807) is 0 Å². The Morgan fingerprint density at radius 1 is 1.47 bits per heavy atom. The summed E-state index contributed by atoms with van der Waals surface area (Å²) in [4.78, 5) is 2.63. The quantitative estimate of drug-likeness (QED) is 0.836. The van der Waals surface area contributed by atoms with Crippen molar-refractivity contribution in [1.29, 1.82) is 0 Å². The number of ether oxygens (including phenoxy) is 1. The van der Waals surface area contributed by atoms with E-state index in [0.29, 0.717) is 6.10 Å². The van der Waals surface area contributed by atoms with Crippen molar-refractivity contribution in [3.05, 3.63) is 0 Å². The first kappa shape index (κ1) is 13.7. The summed E-state index contributed by atoms with van der Waals surface area (Å²) in [5.41, 5.74) is 6.27. The van der Waals surface area contributed by atoms with Crippen molar-refractivity contribution in [1.82, 2.24) is 4.90 Å². The lowest BCUT2D eigenvalue weighted by molar-refractivity contribution is -0.0739. The highest BCUT2D eigenvalue weighted by molar-refractivity contribution is 7.99. The van der Waals surface area contributed by atoms with Crippen LogP contribution in [0.2, 0.25) is 0 Å². The first-order valence-electron chi connectivity index (χ1n) is 6.82. The smallest absolute Gasteiger partial charge is 0.0767 e. The second kappa shape index (κ2) is 5.91. The van der Waals surface area contributed by atoms with Gasteiger partial charge in [-0.2, -0.15) is 11.8 Å². The number of methoxy groups -OCH3 is 1. The van der Waals surface area contributed by atoms with Gasteiger partial charge >= 0.3 is 0 Å². The lowest BCUT2D eigenvalue weighted by Crippen LogP contribution is -2.65. The van der Waals surface area contributed by atoms with Crippen LogP contribution in [0.25, 0.3) is 0 Å². The molecule has 0 radical (unpaired) electrons. The van der Waals surface area contributed by atoms with Crippen molar-refractivity contribution < 1.29 is 4.74 Å². The van der Waals surface area contributed by atoms with Crippen LogP contribution >= 0.6 is 11.8 Å². The standard InChI is InChI=1S/C13H26N2OS/c1-11-9-15(7-8-17-11)13(10-14)6-4-3-5-12(13)16-2/h11-12H,3-10,14H2,1-2H3. The van der Waals surface area contributed by atoms with E-state index < -0.39 is 0 Å². The average molecular weight is 258 g/mol. The number of hydrogen-bond acceptors (Lipinski definition) is 4. The molecule has 2 N–H and O–H groups in total. The van der Waals surface area contributed by atoms with E-state index in [2.05, 4.69) is 23.6 Å². The summed E-state index contributed by atoms with van der Waals surface area (Å²) in [5.74, 6) is 1.24. The van der Waals surface area contributed by atoms with Crippen molar-refractivity contribution in [3.63, 3.8) is 0 Å². The minimum absolute atomic E-state index is 0.113. The Labute approximate surface area is 109 Å². The molecule has 3 atom stereocenters. The number of nitrogens with two attached hydrogens (primary N) is 1. The number of thioether (sulfide) groups is 1. The van der Waals surface area contributed by atoms with Gasteiger partial charge in [0.2, 0.25) is 0 Å². The molecule has 4 heteroatoms. The molecule has 3 nitrogen and oxygen atoms in total. The first-order chi connectivity index (χ1) is 8.23. The van der Waals surface area contributed by atoms with Crippen molar-refractivity contribution in [2.75, 3.05) is 32.5 Å². The third-order valence-corrected chi connectivity index (χ3v) is 5.57. The van der Waals surface area contributed by atoms with Gasteiger partial charge < -0.3 is 10.5 Å². The highest BCUT2D eigenvalue weighted by atomic mass is 32.2. The summed E-state index contributed by atoms with van der Waals surface area (Å²) < 4.78 is 5.76. The molecule has 1 aliphatic carbocycles. The molecule has 0 amide bonds. The fourth-order valence-electron chi connectivity index (χ4n) is 3.47. The summed E-state index contributed by atoms with van der Waals surface area (Å²) >= 11 is 2.08. The van der Waals surface area contributed by atoms with Crippen molar-refractivity contribution in [3.8, 4) is 0 Å². The third kappa shape index (κ3) is 2.65. The predicted octanol–water partition coefficient (Wildman–Crippen LogP) is 1.71. The summed E-state index contributed by atoms with van der Waals surface area (Å²) in [6.07, 6.45) is 5.30. The molecular formula is C13H26N2OS. The normalized spacial score (nSPS) is 40.4. The van der Waals surface area contributed by atoms with Crippen LogP contribution in [-0.4, -0.2) is 54.3 Å². The molecule has 1 saturated carbocycles. The maximum atomic E-state index is 6.15. The van der Waals surface area contributed by atoms with Gasteiger partial charge in [-0.3, -0.25) is 4.90 Å². The minimum Gasteiger partial charge on any atom is -0.379 e. The van der Waals surface area contributed by atoms with Gasteiger partial charge in [0.25, 0.3) is 0 Å². The third-order valence-electron chi connectivity index (χ3n) is 4.43. The Morgan fingerprint density at radius 3 is 2.94 bits per heavy atom. The summed E-state index contributed by atoms with van der Waals surface area (Å²) in [6, 6.07) is 0. The largest absolute Gasteiger partial charge is 0.379 e. The number of hydrogen-bond donors (Lipinski definition) is 1. The zero-order chi connectivity index (χ0) is 12.3. The van der Waals surface area contributed by atoms with Gasteiger partial charge in [-0.25, -0.2) is 0 Å². The SMILES string of the molecule is COC1CCCCC1(CN)N1CCSC(C)C1. The molecule has 1 aliphatic heterocycles. The molecule has 0 aromatic rings. The minimum atomic E-state index is 0.113. The van der Waals surface area contributed by atoms with Crippen molar-refractivity contribution in [2.45, 2.75) is 49.5 Å². The lowest BCUT2D eigenvalue weighted by Gasteiger charge is -2.52. The summed E-state index contributed by atoms with van der Waals surface area (Å²) in [7, 11) is 1.85. The van der Waals surface area contributed by atoms with E-state index >= 15 is 0 Å². The molecule has 3 unspecified atom stereocenters. The van der Waals surface area contributed by atoms with Gasteiger partial charge in [-0.15, -0.1) is 0 Å². The van der Waals surface area contributed by atoms with Crippen LogP contribution in [0.4, 0.5) is 0 Å². The van der Waals surface area contributed by atoms with Gasteiger partial charge in [0.05, 0.1) is 11.6 Å². The molecule has 1 saturated heterocycles. The summed E-state index contributed by atoms with van der Waals surface area (Å²) in [6.45, 7) is 5.41. The van der Waals surface area contributed by atoms with Gasteiger partial charge in [0.15, 0.2) is 0 Å². The van der Waals surface area contributed by atoms with Crippen LogP contribution in [0.5, 0.6) is 0 Å². The fraction of sp³-hybridized carbons (Fsp3) is 1.00. The molecule has 100 valence electrons. The Kier molecular flexibility index (Phi) is 4.75. The van der Waals surface area contributed by atoms with E-state index in [1.807, 2.05) is 7.11 Å². The second-order valence-corrected chi connectivity index (χ2v) is 6.95. The van der Waals surface area contributed by atoms with Gasteiger partial charge in [0, 0.05) is 37.7 Å². The van der Waals surface area contributed by atoms with Crippen LogP contribution in [0.1, 0.15) is 32.6 Å². The molecule has 2 aliphatic rings. The van der Waals surface area contributed by atoms with Crippen LogP contribution in [0, 0.1) is 0 Å². The summed E-state index contributed by atoms with van der Waals surface area (Å²) in [5, 5.41) is 0.728. The maximum absolute atomic E-state index is 6.15. The van der Waals surface area contributed by atoms with Crippen molar-refractivity contribution >= 4 is 11.8 Å². The van der Waals surface area contributed by atoms with Crippen molar-refractivity contribution in [2.24, 2.45) is 5.73 Å². The monoisotopic (exact) mass is 258 g/mol. The van der Waals surface area contributed by atoms with Crippen LogP contribution in [0.15, 0.2) is 0 Å². The van der Waals surface area contributed by atoms with Gasteiger partial charge in [-0.05, 0) is 12.8 Å². The second-order valence-electron chi connectivity index (χ2n) is 5.41. The van der Waals surface area contributed by atoms with E-state index in [1.165, 1.54) is 44.5 Å².